The van der Waals surface area contributed by atoms with E-state index >= 15 is 0 Å². The van der Waals surface area contributed by atoms with E-state index in [1.165, 1.54) is 0 Å². The number of hydrogen-bond acceptors (Lipinski definition) is 4. The zero-order valence-corrected chi connectivity index (χ0v) is 12.5. The standard InChI is InChI=1S/C15H25N3O3/c19-12-4-8-17(9-10-18-7-1-3-13(18)20)11-15(12)5-2-6-16-14(15)21/h12,19H,1-11H2,(H,16,21)/t12-,15-/m1/s1. The van der Waals surface area contributed by atoms with Crippen LogP contribution in [-0.2, 0) is 9.59 Å². The van der Waals surface area contributed by atoms with Crippen LogP contribution in [0.5, 0.6) is 0 Å². The molecule has 1 spiro atoms. The SMILES string of the molecule is O=C1CCCN1CCN1CC[C@@H](O)[C@@]2(CCCNC2=O)C1. The van der Waals surface area contributed by atoms with Gasteiger partial charge in [0.15, 0.2) is 0 Å². The van der Waals surface area contributed by atoms with Crippen molar-refractivity contribution in [3.63, 3.8) is 0 Å². The van der Waals surface area contributed by atoms with E-state index in [0.717, 1.165) is 52.0 Å². The fourth-order valence-electron chi connectivity index (χ4n) is 3.92. The molecular weight excluding hydrogens is 270 g/mol. The van der Waals surface area contributed by atoms with Gasteiger partial charge in [0.05, 0.1) is 11.5 Å². The van der Waals surface area contributed by atoms with Gasteiger partial charge in [-0.15, -0.1) is 0 Å². The number of carbonyl (C=O) groups is 2. The first-order valence-corrected chi connectivity index (χ1v) is 8.08. The molecule has 2 atom stereocenters. The summed E-state index contributed by atoms with van der Waals surface area (Å²) in [5, 5.41) is 13.3. The van der Waals surface area contributed by atoms with Crippen molar-refractivity contribution in [2.45, 2.75) is 38.2 Å². The van der Waals surface area contributed by atoms with E-state index in [4.69, 9.17) is 0 Å². The molecule has 0 saturated carbocycles. The third-order valence-electron chi connectivity index (χ3n) is 5.26. The molecule has 6 heteroatoms. The van der Waals surface area contributed by atoms with Crippen LogP contribution in [0.2, 0.25) is 0 Å². The Labute approximate surface area is 125 Å². The quantitative estimate of drug-likeness (QED) is 0.741. The lowest BCUT2D eigenvalue weighted by atomic mass is 9.71. The number of nitrogens with one attached hydrogen (secondary N) is 1. The molecule has 3 rings (SSSR count). The number of piperidine rings is 2. The molecule has 2 amide bonds. The number of amides is 2. The highest BCUT2D eigenvalue weighted by Crippen LogP contribution is 2.37. The molecule has 3 fully saturated rings. The van der Waals surface area contributed by atoms with Crippen LogP contribution in [0.15, 0.2) is 0 Å². The number of likely N-dealkylation sites (tertiary alicyclic amines) is 2. The van der Waals surface area contributed by atoms with Gasteiger partial charge in [0.2, 0.25) is 11.8 Å². The van der Waals surface area contributed by atoms with E-state index in [1.54, 1.807) is 0 Å². The smallest absolute Gasteiger partial charge is 0.230 e. The van der Waals surface area contributed by atoms with Crippen LogP contribution in [0, 0.1) is 5.41 Å². The van der Waals surface area contributed by atoms with Gasteiger partial charge in [0, 0.05) is 45.7 Å². The second-order valence-corrected chi connectivity index (χ2v) is 6.58. The zero-order valence-electron chi connectivity index (χ0n) is 12.5. The third-order valence-corrected chi connectivity index (χ3v) is 5.26. The van der Waals surface area contributed by atoms with E-state index in [1.807, 2.05) is 4.90 Å². The second kappa shape index (κ2) is 5.93. The van der Waals surface area contributed by atoms with Crippen LogP contribution in [0.3, 0.4) is 0 Å². The van der Waals surface area contributed by atoms with Gasteiger partial charge in [-0.25, -0.2) is 0 Å². The first-order valence-electron chi connectivity index (χ1n) is 8.08. The molecule has 3 aliphatic heterocycles. The minimum atomic E-state index is -0.633. The number of carbonyl (C=O) groups excluding carboxylic acids is 2. The van der Waals surface area contributed by atoms with Crippen LogP contribution in [0.4, 0.5) is 0 Å². The molecule has 3 saturated heterocycles. The maximum Gasteiger partial charge on any atom is 0.230 e. The third kappa shape index (κ3) is 2.79. The first-order chi connectivity index (χ1) is 10.1. The van der Waals surface area contributed by atoms with Gasteiger partial charge in [-0.1, -0.05) is 0 Å². The van der Waals surface area contributed by atoms with Gasteiger partial charge < -0.3 is 20.2 Å². The van der Waals surface area contributed by atoms with Gasteiger partial charge in [-0.3, -0.25) is 9.59 Å². The van der Waals surface area contributed by atoms with Crippen molar-refractivity contribution in [3.8, 4) is 0 Å². The molecule has 0 unspecified atom stereocenters. The van der Waals surface area contributed by atoms with E-state index in [0.29, 0.717) is 19.4 Å². The Balaban J connectivity index is 1.60. The number of rotatable bonds is 3. The predicted molar refractivity (Wildman–Crippen MR) is 77.6 cm³/mol. The highest BCUT2D eigenvalue weighted by atomic mass is 16.3. The summed E-state index contributed by atoms with van der Waals surface area (Å²) < 4.78 is 0. The van der Waals surface area contributed by atoms with Crippen molar-refractivity contribution < 1.29 is 14.7 Å². The van der Waals surface area contributed by atoms with Crippen LogP contribution >= 0.6 is 0 Å². The van der Waals surface area contributed by atoms with E-state index < -0.39 is 11.5 Å². The molecule has 3 aliphatic rings. The minimum absolute atomic E-state index is 0.00296. The minimum Gasteiger partial charge on any atom is -0.392 e. The average molecular weight is 295 g/mol. The Morgan fingerprint density at radius 2 is 2.10 bits per heavy atom. The summed E-state index contributed by atoms with van der Waals surface area (Å²) in [5.74, 6) is 0.250. The second-order valence-electron chi connectivity index (χ2n) is 6.58. The number of aliphatic hydroxyl groups excluding tert-OH is 1. The summed E-state index contributed by atoms with van der Waals surface area (Å²) in [6, 6.07) is 0. The molecule has 118 valence electrons. The Hall–Kier alpha value is -1.14. The summed E-state index contributed by atoms with van der Waals surface area (Å²) in [6.07, 6.45) is 3.43. The van der Waals surface area contributed by atoms with Crippen molar-refractivity contribution in [1.82, 2.24) is 15.1 Å². The maximum atomic E-state index is 12.3. The lowest BCUT2D eigenvalue weighted by Gasteiger charge is -2.47. The highest BCUT2D eigenvalue weighted by molar-refractivity contribution is 5.84. The summed E-state index contributed by atoms with van der Waals surface area (Å²) in [4.78, 5) is 28.1. The Bertz CT molecular complexity index is 428. The van der Waals surface area contributed by atoms with E-state index in [-0.39, 0.29) is 11.8 Å². The zero-order chi connectivity index (χ0) is 14.9. The molecule has 21 heavy (non-hydrogen) atoms. The Morgan fingerprint density at radius 3 is 2.81 bits per heavy atom. The molecule has 6 nitrogen and oxygen atoms in total. The molecule has 0 radical (unpaired) electrons. The van der Waals surface area contributed by atoms with Gasteiger partial charge in [-0.2, -0.15) is 0 Å². The molecule has 0 aliphatic carbocycles. The molecular formula is C15H25N3O3. The van der Waals surface area contributed by atoms with E-state index in [9.17, 15) is 14.7 Å². The lowest BCUT2D eigenvalue weighted by Crippen LogP contribution is -2.61. The number of hydrogen-bond donors (Lipinski definition) is 2. The van der Waals surface area contributed by atoms with Crippen LogP contribution in [-0.4, -0.2) is 72.1 Å². The lowest BCUT2D eigenvalue weighted by molar-refractivity contribution is -0.149. The summed E-state index contributed by atoms with van der Waals surface area (Å²) in [5.41, 5.74) is -0.633. The maximum absolute atomic E-state index is 12.3. The van der Waals surface area contributed by atoms with Crippen molar-refractivity contribution in [2.24, 2.45) is 5.41 Å². The predicted octanol–water partition coefficient (Wildman–Crippen LogP) is -0.428. The average Bonchev–Trinajstić information content (AvgIpc) is 2.89. The van der Waals surface area contributed by atoms with Crippen molar-refractivity contribution >= 4 is 11.8 Å². The topological polar surface area (TPSA) is 72.9 Å². The monoisotopic (exact) mass is 295 g/mol. The van der Waals surface area contributed by atoms with Crippen LogP contribution < -0.4 is 5.32 Å². The summed E-state index contributed by atoms with van der Waals surface area (Å²) in [7, 11) is 0. The van der Waals surface area contributed by atoms with Crippen molar-refractivity contribution in [3.05, 3.63) is 0 Å². The Morgan fingerprint density at radius 1 is 1.24 bits per heavy atom. The van der Waals surface area contributed by atoms with Crippen molar-refractivity contribution in [1.29, 1.82) is 0 Å². The number of aliphatic hydroxyl groups is 1. The van der Waals surface area contributed by atoms with Crippen molar-refractivity contribution in [2.75, 3.05) is 39.3 Å². The normalized spacial score (nSPS) is 34.5. The fourth-order valence-corrected chi connectivity index (χ4v) is 3.92. The molecule has 0 aromatic rings. The molecule has 2 N–H and O–H groups in total. The van der Waals surface area contributed by atoms with Gasteiger partial charge in [0.25, 0.3) is 0 Å². The van der Waals surface area contributed by atoms with Gasteiger partial charge in [0.1, 0.15) is 0 Å². The van der Waals surface area contributed by atoms with Crippen LogP contribution in [0.25, 0.3) is 0 Å². The molecule has 0 aromatic heterocycles. The van der Waals surface area contributed by atoms with E-state index in [2.05, 4.69) is 10.2 Å². The molecule has 0 bridgehead atoms. The summed E-state index contributed by atoms with van der Waals surface area (Å²) in [6.45, 7) is 4.54. The Kier molecular flexibility index (Phi) is 4.17. The van der Waals surface area contributed by atoms with Gasteiger partial charge in [-0.05, 0) is 25.7 Å². The largest absolute Gasteiger partial charge is 0.392 e. The fraction of sp³-hybridized carbons (Fsp3) is 0.867. The first kappa shape index (κ1) is 14.8. The highest BCUT2D eigenvalue weighted by Gasteiger charge is 2.49. The number of nitrogens with zero attached hydrogens (tertiary/aromatic N) is 2. The molecule has 0 aromatic carbocycles. The summed E-state index contributed by atoms with van der Waals surface area (Å²) >= 11 is 0. The molecule has 3 heterocycles. The van der Waals surface area contributed by atoms with Gasteiger partial charge >= 0.3 is 0 Å². The van der Waals surface area contributed by atoms with Crippen LogP contribution in [0.1, 0.15) is 32.1 Å².